The molecule has 0 bridgehead atoms. The molecule has 0 saturated carbocycles. The van der Waals surface area contributed by atoms with Crippen LogP contribution in [0, 0.1) is 0 Å². The summed E-state index contributed by atoms with van der Waals surface area (Å²) in [5, 5.41) is 13.4. The summed E-state index contributed by atoms with van der Waals surface area (Å²) in [6.07, 6.45) is 1.35. The highest BCUT2D eigenvalue weighted by Crippen LogP contribution is 2.37. The Bertz CT molecular complexity index is 958. The van der Waals surface area contributed by atoms with Crippen molar-refractivity contribution in [1.82, 2.24) is 4.98 Å². The van der Waals surface area contributed by atoms with E-state index in [4.69, 9.17) is 9.47 Å². The van der Waals surface area contributed by atoms with Crippen LogP contribution < -0.4 is 14.8 Å². The molecule has 2 N–H and O–H groups in total. The van der Waals surface area contributed by atoms with Crippen LogP contribution in [0.4, 0.5) is 5.69 Å². The fourth-order valence-corrected chi connectivity index (χ4v) is 3.13. The highest BCUT2D eigenvalue weighted by molar-refractivity contribution is 9.10. The molecule has 0 spiro atoms. The van der Waals surface area contributed by atoms with Crippen molar-refractivity contribution in [1.29, 1.82) is 0 Å². The lowest BCUT2D eigenvalue weighted by molar-refractivity contribution is 0.0697. The van der Waals surface area contributed by atoms with E-state index in [0.29, 0.717) is 28.9 Å². The Labute approximate surface area is 158 Å². The Hall–Kier alpha value is -2.80. The van der Waals surface area contributed by atoms with Gasteiger partial charge in [-0.1, -0.05) is 12.1 Å². The average molecular weight is 417 g/mol. The number of hydrogen-bond acceptors (Lipinski definition) is 5. The van der Waals surface area contributed by atoms with Gasteiger partial charge in [-0.2, -0.15) is 0 Å². The molecule has 0 unspecified atom stereocenters. The van der Waals surface area contributed by atoms with Gasteiger partial charge in [0.1, 0.15) is 17.1 Å². The second kappa shape index (κ2) is 7.61. The van der Waals surface area contributed by atoms with Crippen LogP contribution in [0.3, 0.4) is 0 Å². The van der Waals surface area contributed by atoms with Crippen LogP contribution in [-0.4, -0.2) is 30.3 Å². The van der Waals surface area contributed by atoms with Gasteiger partial charge in [0.2, 0.25) is 0 Å². The monoisotopic (exact) mass is 416 g/mol. The summed E-state index contributed by atoms with van der Waals surface area (Å²) in [5.41, 5.74) is 2.17. The first-order valence-corrected chi connectivity index (χ1v) is 8.59. The number of nitrogens with one attached hydrogen (secondary N) is 1. The summed E-state index contributed by atoms with van der Waals surface area (Å²) < 4.78 is 11.3. The number of carbonyl (C=O) groups is 1. The van der Waals surface area contributed by atoms with Gasteiger partial charge in [0.05, 0.1) is 30.8 Å². The first-order valence-electron chi connectivity index (χ1n) is 7.80. The molecule has 1 heterocycles. The number of anilines is 1. The minimum Gasteiger partial charge on any atom is -0.497 e. The number of ether oxygens (including phenoxy) is 2. The molecule has 134 valence electrons. The zero-order valence-electron chi connectivity index (χ0n) is 14.2. The number of aromatic carboxylic acids is 1. The summed E-state index contributed by atoms with van der Waals surface area (Å²) >= 11 is 3.46. The van der Waals surface area contributed by atoms with Gasteiger partial charge < -0.3 is 19.9 Å². The van der Waals surface area contributed by atoms with Crippen molar-refractivity contribution >= 4 is 38.5 Å². The molecule has 6 nitrogen and oxygen atoms in total. The van der Waals surface area contributed by atoms with Crippen molar-refractivity contribution in [3.8, 4) is 11.5 Å². The van der Waals surface area contributed by atoms with E-state index >= 15 is 0 Å². The molecule has 0 aliphatic carbocycles. The number of benzene rings is 2. The van der Waals surface area contributed by atoms with E-state index in [1.807, 2.05) is 30.3 Å². The molecule has 3 aromatic rings. The molecule has 0 aliphatic rings. The Balaban J connectivity index is 2.07. The summed E-state index contributed by atoms with van der Waals surface area (Å²) in [6, 6.07) is 11.2. The molecule has 1 aromatic heterocycles. The fraction of sp³-hybridized carbons (Fsp3) is 0.158. The molecule has 0 fully saturated rings. The third kappa shape index (κ3) is 3.43. The minimum atomic E-state index is -1.06. The topological polar surface area (TPSA) is 80.7 Å². The van der Waals surface area contributed by atoms with Gasteiger partial charge >= 0.3 is 5.97 Å². The van der Waals surface area contributed by atoms with Crippen LogP contribution in [0.5, 0.6) is 11.5 Å². The molecule has 0 radical (unpaired) electrons. The van der Waals surface area contributed by atoms with Gasteiger partial charge in [-0.25, -0.2) is 4.79 Å². The summed E-state index contributed by atoms with van der Waals surface area (Å²) in [6.45, 7) is 0.444. The Morgan fingerprint density at radius 1 is 1.15 bits per heavy atom. The molecule has 0 aliphatic heterocycles. The first kappa shape index (κ1) is 18.0. The predicted octanol–water partition coefficient (Wildman–Crippen LogP) is 4.32. The van der Waals surface area contributed by atoms with Crippen molar-refractivity contribution in [2.75, 3.05) is 19.5 Å². The minimum absolute atomic E-state index is 0.0856. The third-order valence-electron chi connectivity index (χ3n) is 4.01. The molecule has 2 aromatic carbocycles. The average Bonchev–Trinajstić information content (AvgIpc) is 2.66. The molecule has 0 saturated heterocycles. The van der Waals surface area contributed by atoms with E-state index < -0.39 is 5.97 Å². The number of fused-ring (bicyclic) bond motifs is 1. The number of methoxy groups -OCH3 is 2. The Morgan fingerprint density at radius 3 is 2.50 bits per heavy atom. The van der Waals surface area contributed by atoms with Gasteiger partial charge in [0.25, 0.3) is 0 Å². The molecule has 0 atom stereocenters. The van der Waals surface area contributed by atoms with Gasteiger partial charge in [-0.05, 0) is 45.8 Å². The highest BCUT2D eigenvalue weighted by Gasteiger charge is 2.19. The number of pyridine rings is 1. The van der Waals surface area contributed by atoms with E-state index in [-0.39, 0.29) is 5.56 Å². The van der Waals surface area contributed by atoms with Gasteiger partial charge in [-0.15, -0.1) is 0 Å². The van der Waals surface area contributed by atoms with Crippen LogP contribution in [0.1, 0.15) is 15.9 Å². The SMILES string of the molecule is COc1ccc(CNc2c(C(=O)O)cnc3c(Br)ccc(OC)c23)cc1. The smallest absolute Gasteiger partial charge is 0.339 e. The van der Waals surface area contributed by atoms with E-state index in [1.54, 1.807) is 20.3 Å². The van der Waals surface area contributed by atoms with Crippen LogP contribution in [0.25, 0.3) is 10.9 Å². The largest absolute Gasteiger partial charge is 0.497 e. The number of carboxylic acids is 1. The summed E-state index contributed by atoms with van der Waals surface area (Å²) in [4.78, 5) is 16.0. The van der Waals surface area contributed by atoms with E-state index in [0.717, 1.165) is 15.8 Å². The Kier molecular flexibility index (Phi) is 5.27. The summed E-state index contributed by atoms with van der Waals surface area (Å²) in [5.74, 6) is 0.259. The quantitative estimate of drug-likeness (QED) is 0.622. The number of halogens is 1. The molecular formula is C19H17BrN2O4. The highest BCUT2D eigenvalue weighted by atomic mass is 79.9. The second-order valence-electron chi connectivity index (χ2n) is 5.53. The number of nitrogens with zero attached hydrogens (tertiary/aromatic N) is 1. The van der Waals surface area contributed by atoms with Crippen LogP contribution in [0.15, 0.2) is 47.1 Å². The number of hydrogen-bond donors (Lipinski definition) is 2. The van der Waals surface area contributed by atoms with E-state index in [2.05, 4.69) is 26.2 Å². The maximum Gasteiger partial charge on any atom is 0.339 e. The summed E-state index contributed by atoms with van der Waals surface area (Å²) in [7, 11) is 3.16. The zero-order chi connectivity index (χ0) is 18.7. The molecule has 7 heteroatoms. The van der Waals surface area contributed by atoms with Gasteiger partial charge in [0, 0.05) is 17.2 Å². The standard InChI is InChI=1S/C19H17BrN2O4/c1-25-12-5-3-11(4-6-12)9-21-17-13(19(23)24)10-22-18-14(20)7-8-15(26-2)16(17)18/h3-8,10H,9H2,1-2H3,(H,21,22)(H,23,24). The van der Waals surface area contributed by atoms with E-state index in [1.165, 1.54) is 6.20 Å². The van der Waals surface area contributed by atoms with Crippen molar-refractivity contribution in [3.05, 3.63) is 58.2 Å². The van der Waals surface area contributed by atoms with Crippen LogP contribution in [-0.2, 0) is 6.54 Å². The molecular weight excluding hydrogens is 400 g/mol. The number of aromatic nitrogens is 1. The molecule has 3 rings (SSSR count). The van der Waals surface area contributed by atoms with Crippen molar-refractivity contribution in [3.63, 3.8) is 0 Å². The number of rotatable bonds is 6. The number of carboxylic acid groups (broad SMARTS) is 1. The van der Waals surface area contributed by atoms with E-state index in [9.17, 15) is 9.90 Å². The lowest BCUT2D eigenvalue weighted by Crippen LogP contribution is -2.08. The van der Waals surface area contributed by atoms with Crippen molar-refractivity contribution in [2.24, 2.45) is 0 Å². The third-order valence-corrected chi connectivity index (χ3v) is 4.65. The van der Waals surface area contributed by atoms with Crippen molar-refractivity contribution in [2.45, 2.75) is 6.54 Å². The second-order valence-corrected chi connectivity index (χ2v) is 6.38. The molecule has 0 amide bonds. The van der Waals surface area contributed by atoms with Crippen LogP contribution in [0.2, 0.25) is 0 Å². The maximum absolute atomic E-state index is 11.7. The lowest BCUT2D eigenvalue weighted by Gasteiger charge is -2.16. The first-order chi connectivity index (χ1) is 12.5. The Morgan fingerprint density at radius 2 is 1.88 bits per heavy atom. The fourth-order valence-electron chi connectivity index (χ4n) is 2.69. The van der Waals surface area contributed by atoms with Gasteiger partial charge in [-0.3, -0.25) is 4.98 Å². The van der Waals surface area contributed by atoms with Crippen molar-refractivity contribution < 1.29 is 19.4 Å². The molecule has 26 heavy (non-hydrogen) atoms. The maximum atomic E-state index is 11.7. The lowest BCUT2D eigenvalue weighted by atomic mass is 10.1. The predicted molar refractivity (Wildman–Crippen MR) is 103 cm³/mol. The van der Waals surface area contributed by atoms with Crippen LogP contribution >= 0.6 is 15.9 Å². The normalized spacial score (nSPS) is 10.6. The zero-order valence-corrected chi connectivity index (χ0v) is 15.8. The van der Waals surface area contributed by atoms with Gasteiger partial charge in [0.15, 0.2) is 0 Å².